The number of anilines is 1. The van der Waals surface area contributed by atoms with Crippen molar-refractivity contribution in [2.45, 2.75) is 6.42 Å². The van der Waals surface area contributed by atoms with Crippen LogP contribution in [0.3, 0.4) is 0 Å². The van der Waals surface area contributed by atoms with Crippen LogP contribution in [0.15, 0.2) is 18.5 Å². The molecule has 0 radical (unpaired) electrons. The maximum Gasteiger partial charge on any atom is 0.224 e. The van der Waals surface area contributed by atoms with Crippen molar-refractivity contribution in [1.82, 2.24) is 15.3 Å². The monoisotopic (exact) mass is 262 g/mol. The predicted molar refractivity (Wildman–Crippen MR) is 71.8 cm³/mol. The molecular formula is C12H14N4OS. The van der Waals surface area contributed by atoms with E-state index in [1.54, 1.807) is 30.8 Å². The zero-order valence-electron chi connectivity index (χ0n) is 10.1. The van der Waals surface area contributed by atoms with Crippen molar-refractivity contribution in [2.75, 3.05) is 25.0 Å². The lowest BCUT2D eigenvalue weighted by Gasteiger charge is -2.13. The summed E-state index contributed by atoms with van der Waals surface area (Å²) < 4.78 is 1.14. The number of carbonyl (C=O) groups is 1. The molecule has 18 heavy (non-hydrogen) atoms. The van der Waals surface area contributed by atoms with Gasteiger partial charge in [-0.3, -0.25) is 9.78 Å². The molecule has 6 heteroatoms. The Morgan fingerprint density at radius 3 is 3.28 bits per heavy atom. The SMILES string of the molecule is CNC(=O)C1CCN(c2nc3cnccc3s2)C1. The highest BCUT2D eigenvalue weighted by atomic mass is 32.1. The fourth-order valence-corrected chi connectivity index (χ4v) is 3.22. The van der Waals surface area contributed by atoms with E-state index < -0.39 is 0 Å². The fourth-order valence-electron chi connectivity index (χ4n) is 2.26. The summed E-state index contributed by atoms with van der Waals surface area (Å²) in [7, 11) is 1.69. The highest BCUT2D eigenvalue weighted by Crippen LogP contribution is 2.31. The van der Waals surface area contributed by atoms with Gasteiger partial charge in [0.15, 0.2) is 5.13 Å². The third-order valence-electron chi connectivity index (χ3n) is 3.25. The average molecular weight is 262 g/mol. The van der Waals surface area contributed by atoms with Crippen molar-refractivity contribution in [3.05, 3.63) is 18.5 Å². The summed E-state index contributed by atoms with van der Waals surface area (Å²) in [6, 6.07) is 1.98. The van der Waals surface area contributed by atoms with E-state index in [1.807, 2.05) is 6.07 Å². The van der Waals surface area contributed by atoms with Crippen LogP contribution in [0.1, 0.15) is 6.42 Å². The predicted octanol–water partition coefficient (Wildman–Crippen LogP) is 1.26. The molecule has 1 saturated heterocycles. The molecule has 0 saturated carbocycles. The number of amides is 1. The number of thiazole rings is 1. The Hall–Kier alpha value is -1.69. The van der Waals surface area contributed by atoms with Crippen molar-refractivity contribution in [3.8, 4) is 0 Å². The van der Waals surface area contributed by atoms with Gasteiger partial charge in [-0.25, -0.2) is 4.98 Å². The number of fused-ring (bicyclic) bond motifs is 1. The van der Waals surface area contributed by atoms with Crippen molar-refractivity contribution < 1.29 is 4.79 Å². The van der Waals surface area contributed by atoms with Crippen LogP contribution in [0.5, 0.6) is 0 Å². The molecule has 3 rings (SSSR count). The number of nitrogens with one attached hydrogen (secondary N) is 1. The molecule has 1 unspecified atom stereocenters. The summed E-state index contributed by atoms with van der Waals surface area (Å²) >= 11 is 1.66. The van der Waals surface area contributed by atoms with Gasteiger partial charge in [0.2, 0.25) is 5.91 Å². The van der Waals surface area contributed by atoms with Crippen LogP contribution in [0, 0.1) is 5.92 Å². The van der Waals surface area contributed by atoms with Gasteiger partial charge < -0.3 is 10.2 Å². The van der Waals surface area contributed by atoms with Gasteiger partial charge in [0.05, 0.1) is 16.8 Å². The first-order valence-electron chi connectivity index (χ1n) is 5.95. The molecule has 1 atom stereocenters. The van der Waals surface area contributed by atoms with Crippen LogP contribution in [0.2, 0.25) is 0 Å². The van der Waals surface area contributed by atoms with Gasteiger partial charge in [-0.15, -0.1) is 0 Å². The first-order valence-corrected chi connectivity index (χ1v) is 6.76. The van der Waals surface area contributed by atoms with E-state index in [2.05, 4.69) is 20.2 Å². The van der Waals surface area contributed by atoms with E-state index >= 15 is 0 Å². The number of nitrogens with zero attached hydrogens (tertiary/aromatic N) is 3. The number of pyridine rings is 1. The van der Waals surface area contributed by atoms with Crippen LogP contribution in [0.25, 0.3) is 10.2 Å². The third kappa shape index (κ3) is 1.92. The van der Waals surface area contributed by atoms with Crippen molar-refractivity contribution in [1.29, 1.82) is 0 Å². The second kappa shape index (κ2) is 4.53. The molecule has 2 aromatic rings. The Morgan fingerprint density at radius 1 is 1.61 bits per heavy atom. The van der Waals surface area contributed by atoms with Gasteiger partial charge in [-0.1, -0.05) is 11.3 Å². The smallest absolute Gasteiger partial charge is 0.224 e. The summed E-state index contributed by atoms with van der Waals surface area (Å²) in [5, 5.41) is 3.70. The first-order chi connectivity index (χ1) is 8.78. The van der Waals surface area contributed by atoms with E-state index in [4.69, 9.17) is 0 Å². The summed E-state index contributed by atoms with van der Waals surface area (Å²) in [5.41, 5.74) is 0.931. The van der Waals surface area contributed by atoms with Gasteiger partial charge in [-0.05, 0) is 12.5 Å². The number of rotatable bonds is 2. The molecule has 5 nitrogen and oxygen atoms in total. The van der Waals surface area contributed by atoms with Gasteiger partial charge in [0.25, 0.3) is 0 Å². The van der Waals surface area contributed by atoms with Gasteiger partial charge in [0.1, 0.15) is 5.52 Å². The zero-order valence-corrected chi connectivity index (χ0v) is 10.9. The van der Waals surface area contributed by atoms with Gasteiger partial charge in [-0.2, -0.15) is 0 Å². The molecule has 94 valence electrons. The first kappa shape index (κ1) is 11.4. The average Bonchev–Trinajstić information content (AvgIpc) is 3.03. The topological polar surface area (TPSA) is 58.1 Å². The lowest BCUT2D eigenvalue weighted by atomic mass is 10.1. The van der Waals surface area contributed by atoms with Crippen LogP contribution in [-0.4, -0.2) is 36.0 Å². The molecule has 1 N–H and O–H groups in total. The minimum atomic E-state index is 0.0835. The summed E-state index contributed by atoms with van der Waals surface area (Å²) in [5.74, 6) is 0.209. The second-order valence-electron chi connectivity index (χ2n) is 4.39. The Balaban J connectivity index is 1.82. The van der Waals surface area contributed by atoms with E-state index in [9.17, 15) is 4.79 Å². The Bertz CT molecular complexity index is 549. The molecule has 1 aliphatic heterocycles. The lowest BCUT2D eigenvalue weighted by Crippen LogP contribution is -2.30. The van der Waals surface area contributed by atoms with Crippen LogP contribution < -0.4 is 10.2 Å². The normalized spacial score (nSPS) is 19.4. The van der Waals surface area contributed by atoms with Crippen molar-refractivity contribution in [3.63, 3.8) is 0 Å². The fraction of sp³-hybridized carbons (Fsp3) is 0.417. The molecule has 1 amide bonds. The van der Waals surface area contributed by atoms with E-state index in [0.29, 0.717) is 0 Å². The highest BCUT2D eigenvalue weighted by molar-refractivity contribution is 7.22. The number of aromatic nitrogens is 2. The Morgan fingerprint density at radius 2 is 2.50 bits per heavy atom. The zero-order chi connectivity index (χ0) is 12.5. The molecule has 0 spiro atoms. The minimum Gasteiger partial charge on any atom is -0.359 e. The largest absolute Gasteiger partial charge is 0.359 e. The molecule has 2 aromatic heterocycles. The summed E-state index contributed by atoms with van der Waals surface area (Å²) in [4.78, 5) is 22.4. The van der Waals surface area contributed by atoms with Crippen LogP contribution >= 0.6 is 11.3 Å². The molecule has 0 aliphatic carbocycles. The Labute approximate surface area is 109 Å². The molecular weight excluding hydrogens is 248 g/mol. The quantitative estimate of drug-likeness (QED) is 0.885. The maximum absolute atomic E-state index is 11.6. The lowest BCUT2D eigenvalue weighted by molar-refractivity contribution is -0.123. The number of hydrogen-bond acceptors (Lipinski definition) is 5. The molecule has 1 fully saturated rings. The highest BCUT2D eigenvalue weighted by Gasteiger charge is 2.29. The number of carbonyl (C=O) groups excluding carboxylic acids is 1. The maximum atomic E-state index is 11.6. The minimum absolute atomic E-state index is 0.0835. The van der Waals surface area contributed by atoms with Gasteiger partial charge >= 0.3 is 0 Å². The van der Waals surface area contributed by atoms with Crippen LogP contribution in [0.4, 0.5) is 5.13 Å². The Kier molecular flexibility index (Phi) is 2.87. The van der Waals surface area contributed by atoms with E-state index in [1.165, 1.54) is 0 Å². The standard InChI is InChI=1S/C12H14N4OS/c1-13-11(17)8-3-5-16(7-8)12-15-9-6-14-4-2-10(9)18-12/h2,4,6,8H,3,5,7H2,1H3,(H,13,17). The van der Waals surface area contributed by atoms with E-state index in [-0.39, 0.29) is 11.8 Å². The van der Waals surface area contributed by atoms with Crippen LogP contribution in [-0.2, 0) is 4.79 Å². The molecule has 3 heterocycles. The third-order valence-corrected chi connectivity index (χ3v) is 4.35. The van der Waals surface area contributed by atoms with E-state index in [0.717, 1.165) is 34.9 Å². The molecule has 0 bridgehead atoms. The molecule has 1 aliphatic rings. The second-order valence-corrected chi connectivity index (χ2v) is 5.39. The van der Waals surface area contributed by atoms with Crippen molar-refractivity contribution in [2.24, 2.45) is 5.92 Å². The summed E-state index contributed by atoms with van der Waals surface area (Å²) in [6.07, 6.45) is 4.46. The molecule has 0 aromatic carbocycles. The van der Waals surface area contributed by atoms with Crippen molar-refractivity contribution >= 4 is 32.6 Å². The van der Waals surface area contributed by atoms with Gasteiger partial charge in [0, 0.05) is 26.3 Å². The summed E-state index contributed by atoms with van der Waals surface area (Å²) in [6.45, 7) is 1.65. The number of hydrogen-bond donors (Lipinski definition) is 1.